The SMILES string of the molecule is CCOc1cc(CNc2ccc(F)cc2Br)ccc1O. The van der Waals surface area contributed by atoms with Crippen LogP contribution in [0.4, 0.5) is 10.1 Å². The lowest BCUT2D eigenvalue weighted by molar-refractivity contribution is 0.318. The Bertz CT molecular complexity index is 604. The summed E-state index contributed by atoms with van der Waals surface area (Å²) in [6.45, 7) is 2.90. The van der Waals surface area contributed by atoms with Gasteiger partial charge in [-0.25, -0.2) is 4.39 Å². The fourth-order valence-electron chi connectivity index (χ4n) is 1.77. The third-order valence-corrected chi connectivity index (χ3v) is 3.39. The molecule has 3 nitrogen and oxygen atoms in total. The molecule has 0 atom stereocenters. The van der Waals surface area contributed by atoms with Gasteiger partial charge in [0.15, 0.2) is 11.5 Å². The Kier molecular flexibility index (Phi) is 4.84. The first-order valence-corrected chi connectivity index (χ1v) is 7.03. The van der Waals surface area contributed by atoms with Gasteiger partial charge in [0.05, 0.1) is 6.61 Å². The average molecular weight is 340 g/mol. The molecule has 2 aromatic rings. The van der Waals surface area contributed by atoms with Crippen LogP contribution in [-0.4, -0.2) is 11.7 Å². The van der Waals surface area contributed by atoms with Crippen molar-refractivity contribution in [3.63, 3.8) is 0 Å². The van der Waals surface area contributed by atoms with E-state index in [1.165, 1.54) is 12.1 Å². The van der Waals surface area contributed by atoms with E-state index in [1.54, 1.807) is 18.2 Å². The highest BCUT2D eigenvalue weighted by atomic mass is 79.9. The molecule has 0 heterocycles. The van der Waals surface area contributed by atoms with E-state index in [4.69, 9.17) is 4.74 Å². The molecular weight excluding hydrogens is 325 g/mol. The summed E-state index contributed by atoms with van der Waals surface area (Å²) >= 11 is 3.30. The summed E-state index contributed by atoms with van der Waals surface area (Å²) in [7, 11) is 0. The Balaban J connectivity index is 2.08. The maximum atomic E-state index is 13.0. The van der Waals surface area contributed by atoms with Crippen LogP contribution in [0.25, 0.3) is 0 Å². The molecule has 0 aliphatic rings. The van der Waals surface area contributed by atoms with Crippen molar-refractivity contribution >= 4 is 21.6 Å². The van der Waals surface area contributed by atoms with E-state index >= 15 is 0 Å². The van der Waals surface area contributed by atoms with Crippen molar-refractivity contribution in [1.82, 2.24) is 0 Å². The standard InChI is InChI=1S/C15H15BrFNO2/c1-2-20-15-7-10(3-6-14(15)19)9-18-13-5-4-11(17)8-12(13)16/h3-8,18-19H,2,9H2,1H3. The summed E-state index contributed by atoms with van der Waals surface area (Å²) in [6, 6.07) is 9.66. The molecule has 0 aliphatic heterocycles. The number of phenols is 1. The van der Waals surface area contributed by atoms with Crippen LogP contribution in [-0.2, 0) is 6.54 Å². The molecule has 2 N–H and O–H groups in total. The quantitative estimate of drug-likeness (QED) is 0.853. The second-order valence-electron chi connectivity index (χ2n) is 4.21. The predicted octanol–water partition coefficient (Wildman–Crippen LogP) is 4.30. The molecule has 2 aromatic carbocycles. The molecule has 0 radical (unpaired) electrons. The lowest BCUT2D eigenvalue weighted by Crippen LogP contribution is -2.01. The van der Waals surface area contributed by atoms with Crippen molar-refractivity contribution < 1.29 is 14.2 Å². The number of halogens is 2. The summed E-state index contributed by atoms with van der Waals surface area (Å²) in [5.41, 5.74) is 1.76. The summed E-state index contributed by atoms with van der Waals surface area (Å²) in [4.78, 5) is 0. The zero-order valence-corrected chi connectivity index (χ0v) is 12.6. The summed E-state index contributed by atoms with van der Waals surface area (Å²) in [6.07, 6.45) is 0. The van der Waals surface area contributed by atoms with Crippen molar-refractivity contribution in [3.8, 4) is 11.5 Å². The van der Waals surface area contributed by atoms with Crippen LogP contribution in [0.1, 0.15) is 12.5 Å². The predicted molar refractivity (Wildman–Crippen MR) is 80.7 cm³/mol. The number of hydrogen-bond acceptors (Lipinski definition) is 3. The topological polar surface area (TPSA) is 41.5 Å². The molecule has 0 saturated carbocycles. The number of rotatable bonds is 5. The number of ether oxygens (including phenoxy) is 1. The van der Waals surface area contributed by atoms with Crippen LogP contribution in [0.5, 0.6) is 11.5 Å². The zero-order chi connectivity index (χ0) is 14.5. The van der Waals surface area contributed by atoms with Crippen molar-refractivity contribution in [2.24, 2.45) is 0 Å². The number of nitrogens with one attached hydrogen (secondary N) is 1. The van der Waals surface area contributed by atoms with E-state index < -0.39 is 0 Å². The van der Waals surface area contributed by atoms with Gasteiger partial charge in [-0.1, -0.05) is 6.07 Å². The van der Waals surface area contributed by atoms with E-state index in [1.807, 2.05) is 13.0 Å². The van der Waals surface area contributed by atoms with Gasteiger partial charge in [-0.15, -0.1) is 0 Å². The fourth-order valence-corrected chi connectivity index (χ4v) is 2.26. The molecule has 0 aromatic heterocycles. The van der Waals surface area contributed by atoms with Crippen LogP contribution in [0.2, 0.25) is 0 Å². The van der Waals surface area contributed by atoms with Gasteiger partial charge < -0.3 is 15.2 Å². The molecule has 0 amide bonds. The number of phenolic OH excluding ortho intramolecular Hbond substituents is 1. The Morgan fingerprint density at radius 1 is 1.25 bits per heavy atom. The van der Waals surface area contributed by atoms with Crippen molar-refractivity contribution in [3.05, 3.63) is 52.3 Å². The Morgan fingerprint density at radius 3 is 2.75 bits per heavy atom. The highest BCUT2D eigenvalue weighted by Gasteiger charge is 2.05. The van der Waals surface area contributed by atoms with Gasteiger partial charge in [-0.3, -0.25) is 0 Å². The largest absolute Gasteiger partial charge is 0.504 e. The first-order valence-electron chi connectivity index (χ1n) is 6.23. The second-order valence-corrected chi connectivity index (χ2v) is 5.07. The molecular formula is C15H15BrFNO2. The van der Waals surface area contributed by atoms with Gasteiger partial charge in [-0.2, -0.15) is 0 Å². The van der Waals surface area contributed by atoms with Gasteiger partial charge >= 0.3 is 0 Å². The van der Waals surface area contributed by atoms with E-state index in [-0.39, 0.29) is 11.6 Å². The van der Waals surface area contributed by atoms with E-state index in [0.29, 0.717) is 23.4 Å². The third-order valence-electron chi connectivity index (χ3n) is 2.74. The van der Waals surface area contributed by atoms with Crippen LogP contribution >= 0.6 is 15.9 Å². The molecule has 0 saturated heterocycles. The molecule has 5 heteroatoms. The van der Waals surface area contributed by atoms with Crippen LogP contribution in [0.15, 0.2) is 40.9 Å². The summed E-state index contributed by atoms with van der Waals surface area (Å²) in [5.74, 6) is 0.300. The molecule has 0 spiro atoms. The monoisotopic (exact) mass is 339 g/mol. The first-order chi connectivity index (χ1) is 9.60. The minimum absolute atomic E-state index is 0.124. The molecule has 2 rings (SSSR count). The number of hydrogen-bond donors (Lipinski definition) is 2. The third kappa shape index (κ3) is 3.63. The second kappa shape index (κ2) is 6.61. The number of aromatic hydroxyl groups is 1. The van der Waals surface area contributed by atoms with Crippen LogP contribution in [0, 0.1) is 5.82 Å². The molecule has 0 bridgehead atoms. The van der Waals surface area contributed by atoms with Gasteiger partial charge in [-0.05, 0) is 58.7 Å². The maximum absolute atomic E-state index is 13.0. The van der Waals surface area contributed by atoms with E-state index in [2.05, 4.69) is 21.2 Å². The lowest BCUT2D eigenvalue weighted by Gasteiger charge is -2.11. The molecule has 0 unspecified atom stereocenters. The van der Waals surface area contributed by atoms with Gasteiger partial charge in [0.1, 0.15) is 5.82 Å². The van der Waals surface area contributed by atoms with Crippen LogP contribution in [0.3, 0.4) is 0 Å². The minimum atomic E-state index is -0.286. The highest BCUT2D eigenvalue weighted by Crippen LogP contribution is 2.28. The van der Waals surface area contributed by atoms with E-state index in [0.717, 1.165) is 11.3 Å². The first kappa shape index (κ1) is 14.7. The fraction of sp³-hybridized carbons (Fsp3) is 0.200. The number of anilines is 1. The summed E-state index contributed by atoms with van der Waals surface area (Å²) in [5, 5.41) is 12.8. The summed E-state index contributed by atoms with van der Waals surface area (Å²) < 4.78 is 19.0. The van der Waals surface area contributed by atoms with Crippen LogP contribution < -0.4 is 10.1 Å². The van der Waals surface area contributed by atoms with Gasteiger partial charge in [0.2, 0.25) is 0 Å². The molecule has 20 heavy (non-hydrogen) atoms. The molecule has 0 aliphatic carbocycles. The van der Waals surface area contributed by atoms with Crippen molar-refractivity contribution in [1.29, 1.82) is 0 Å². The van der Waals surface area contributed by atoms with Gasteiger partial charge in [0, 0.05) is 16.7 Å². The Morgan fingerprint density at radius 2 is 2.05 bits per heavy atom. The van der Waals surface area contributed by atoms with Gasteiger partial charge in [0.25, 0.3) is 0 Å². The zero-order valence-electron chi connectivity index (χ0n) is 11.0. The van der Waals surface area contributed by atoms with Crippen molar-refractivity contribution in [2.75, 3.05) is 11.9 Å². The highest BCUT2D eigenvalue weighted by molar-refractivity contribution is 9.10. The average Bonchev–Trinajstić information content (AvgIpc) is 2.41. The maximum Gasteiger partial charge on any atom is 0.161 e. The number of benzene rings is 2. The Hall–Kier alpha value is -1.75. The Labute approximate surface area is 125 Å². The smallest absolute Gasteiger partial charge is 0.161 e. The minimum Gasteiger partial charge on any atom is -0.504 e. The van der Waals surface area contributed by atoms with E-state index in [9.17, 15) is 9.50 Å². The van der Waals surface area contributed by atoms with Crippen molar-refractivity contribution in [2.45, 2.75) is 13.5 Å². The normalized spacial score (nSPS) is 10.3. The molecule has 106 valence electrons. The molecule has 0 fully saturated rings. The lowest BCUT2D eigenvalue weighted by atomic mass is 10.2.